The zero-order valence-electron chi connectivity index (χ0n) is 12.3. The maximum Gasteiger partial charge on any atom is 0.293 e. The van der Waals surface area contributed by atoms with Crippen molar-refractivity contribution in [2.45, 2.75) is 13.5 Å². The number of rotatable bonds is 5. The number of Topliss-reactive ketones (excluding diaryl/α,β-unsaturated/α-hetero) is 1. The van der Waals surface area contributed by atoms with E-state index in [1.54, 1.807) is 30.3 Å². The van der Waals surface area contributed by atoms with E-state index in [1.165, 1.54) is 30.9 Å². The van der Waals surface area contributed by atoms with Crippen LogP contribution in [0.5, 0.6) is 5.75 Å². The summed E-state index contributed by atoms with van der Waals surface area (Å²) in [5, 5.41) is 2.66. The van der Waals surface area contributed by atoms with E-state index in [4.69, 9.17) is 4.74 Å². The standard InChI is InChI=1S/C16H16N2O4/c1-11(19)12-5-3-6-13(9-12)17-15(20)10-18-8-4-7-14(22-2)16(18)21/h3-9H,10H2,1-2H3,(H,17,20). The Bertz CT molecular complexity index is 765. The van der Waals surface area contributed by atoms with Gasteiger partial charge in [0.1, 0.15) is 6.54 Å². The summed E-state index contributed by atoms with van der Waals surface area (Å²) in [5.41, 5.74) is 0.641. The minimum Gasteiger partial charge on any atom is -0.491 e. The number of anilines is 1. The van der Waals surface area contributed by atoms with Crippen LogP contribution in [0.15, 0.2) is 47.4 Å². The highest BCUT2D eigenvalue weighted by Gasteiger charge is 2.09. The number of methoxy groups -OCH3 is 1. The maximum atomic E-state index is 12.0. The van der Waals surface area contributed by atoms with E-state index in [9.17, 15) is 14.4 Å². The van der Waals surface area contributed by atoms with Crippen LogP contribution in [0.25, 0.3) is 0 Å². The molecule has 0 saturated heterocycles. The average molecular weight is 300 g/mol. The normalized spacial score (nSPS) is 10.1. The zero-order valence-corrected chi connectivity index (χ0v) is 12.3. The molecule has 0 spiro atoms. The Balaban J connectivity index is 2.12. The molecule has 6 heteroatoms. The lowest BCUT2D eigenvalue weighted by atomic mass is 10.1. The molecule has 0 unspecified atom stereocenters. The van der Waals surface area contributed by atoms with Crippen LogP contribution < -0.4 is 15.6 Å². The van der Waals surface area contributed by atoms with E-state index >= 15 is 0 Å². The third kappa shape index (κ3) is 3.60. The van der Waals surface area contributed by atoms with Gasteiger partial charge >= 0.3 is 0 Å². The largest absolute Gasteiger partial charge is 0.491 e. The minimum atomic E-state index is -0.377. The predicted octanol–water partition coefficient (Wildman–Crippen LogP) is 1.70. The van der Waals surface area contributed by atoms with Gasteiger partial charge in [-0.15, -0.1) is 0 Å². The first-order valence-electron chi connectivity index (χ1n) is 6.65. The SMILES string of the molecule is COc1cccn(CC(=O)Nc2cccc(C(C)=O)c2)c1=O. The van der Waals surface area contributed by atoms with Gasteiger partial charge in [-0.25, -0.2) is 0 Å². The molecule has 114 valence electrons. The van der Waals surface area contributed by atoms with Crippen LogP contribution in [0.3, 0.4) is 0 Å². The van der Waals surface area contributed by atoms with Crippen LogP contribution in [-0.4, -0.2) is 23.4 Å². The number of carbonyl (C=O) groups is 2. The summed E-state index contributed by atoms with van der Waals surface area (Å²) < 4.78 is 6.18. The van der Waals surface area contributed by atoms with Crippen LogP contribution in [-0.2, 0) is 11.3 Å². The van der Waals surface area contributed by atoms with Crippen LogP contribution in [0.2, 0.25) is 0 Å². The van der Waals surface area contributed by atoms with Gasteiger partial charge in [-0.2, -0.15) is 0 Å². The van der Waals surface area contributed by atoms with Crippen LogP contribution >= 0.6 is 0 Å². The highest BCUT2D eigenvalue weighted by molar-refractivity contribution is 5.97. The zero-order chi connectivity index (χ0) is 16.1. The third-order valence-electron chi connectivity index (χ3n) is 3.07. The highest BCUT2D eigenvalue weighted by Crippen LogP contribution is 2.11. The van der Waals surface area contributed by atoms with E-state index in [2.05, 4.69) is 5.32 Å². The summed E-state index contributed by atoms with van der Waals surface area (Å²) in [6.07, 6.45) is 1.51. The molecule has 1 aromatic carbocycles. The van der Waals surface area contributed by atoms with Gasteiger partial charge in [-0.05, 0) is 31.2 Å². The highest BCUT2D eigenvalue weighted by atomic mass is 16.5. The molecule has 0 bridgehead atoms. The molecule has 1 heterocycles. The van der Waals surface area contributed by atoms with Crippen molar-refractivity contribution in [1.82, 2.24) is 4.57 Å². The van der Waals surface area contributed by atoms with Crippen molar-refractivity contribution < 1.29 is 14.3 Å². The molecule has 2 aromatic rings. The molecule has 0 aliphatic carbocycles. The molecule has 1 aromatic heterocycles. The molecular weight excluding hydrogens is 284 g/mol. The summed E-state index contributed by atoms with van der Waals surface area (Å²) in [7, 11) is 1.40. The number of nitrogens with one attached hydrogen (secondary N) is 1. The number of ketones is 1. The Morgan fingerprint density at radius 1 is 1.23 bits per heavy atom. The van der Waals surface area contributed by atoms with Crippen LogP contribution in [0, 0.1) is 0 Å². The number of carbonyl (C=O) groups excluding carboxylic acids is 2. The van der Waals surface area contributed by atoms with Gasteiger partial charge < -0.3 is 14.6 Å². The van der Waals surface area contributed by atoms with Crippen molar-refractivity contribution in [3.8, 4) is 5.75 Å². The lowest BCUT2D eigenvalue weighted by molar-refractivity contribution is -0.116. The Labute approximate surface area is 127 Å². The Kier molecular flexibility index (Phi) is 4.73. The van der Waals surface area contributed by atoms with Crippen molar-refractivity contribution >= 4 is 17.4 Å². The van der Waals surface area contributed by atoms with E-state index < -0.39 is 0 Å². The van der Waals surface area contributed by atoms with E-state index in [0.29, 0.717) is 11.3 Å². The summed E-state index contributed by atoms with van der Waals surface area (Å²) in [6.45, 7) is 1.32. The molecule has 0 atom stereocenters. The first-order chi connectivity index (χ1) is 10.5. The van der Waals surface area contributed by atoms with Crippen molar-refractivity contribution in [3.63, 3.8) is 0 Å². The molecule has 22 heavy (non-hydrogen) atoms. The topological polar surface area (TPSA) is 77.4 Å². The van der Waals surface area contributed by atoms with Gasteiger partial charge in [0, 0.05) is 17.4 Å². The van der Waals surface area contributed by atoms with Crippen molar-refractivity contribution in [2.24, 2.45) is 0 Å². The van der Waals surface area contributed by atoms with Crippen LogP contribution in [0.1, 0.15) is 17.3 Å². The molecule has 0 aliphatic rings. The lowest BCUT2D eigenvalue weighted by Crippen LogP contribution is -2.27. The predicted molar refractivity (Wildman–Crippen MR) is 82.3 cm³/mol. The van der Waals surface area contributed by atoms with Gasteiger partial charge in [-0.3, -0.25) is 14.4 Å². The summed E-state index contributed by atoms with van der Waals surface area (Å²) in [5.74, 6) is -0.273. The number of nitrogens with zero attached hydrogens (tertiary/aromatic N) is 1. The van der Waals surface area contributed by atoms with Gasteiger partial charge in [0.15, 0.2) is 11.5 Å². The molecule has 2 rings (SSSR count). The van der Waals surface area contributed by atoms with Gasteiger partial charge in [0.05, 0.1) is 7.11 Å². The van der Waals surface area contributed by atoms with Crippen molar-refractivity contribution in [2.75, 3.05) is 12.4 Å². The second-order valence-corrected chi connectivity index (χ2v) is 4.69. The van der Waals surface area contributed by atoms with Gasteiger partial charge in [0.2, 0.25) is 5.91 Å². The molecule has 1 N–H and O–H groups in total. The summed E-state index contributed by atoms with van der Waals surface area (Å²) >= 11 is 0. The number of ether oxygens (including phenoxy) is 1. The molecular formula is C16H16N2O4. The van der Waals surface area contributed by atoms with E-state index in [1.807, 2.05) is 0 Å². The fourth-order valence-corrected chi connectivity index (χ4v) is 1.97. The summed E-state index contributed by atoms with van der Waals surface area (Å²) in [6, 6.07) is 9.79. The number of hydrogen-bond donors (Lipinski definition) is 1. The molecule has 0 saturated carbocycles. The van der Waals surface area contributed by atoms with Crippen LogP contribution in [0.4, 0.5) is 5.69 Å². The Morgan fingerprint density at radius 2 is 2.00 bits per heavy atom. The van der Waals surface area contributed by atoms with Crippen molar-refractivity contribution in [3.05, 3.63) is 58.5 Å². The molecule has 0 radical (unpaired) electrons. The fourth-order valence-electron chi connectivity index (χ4n) is 1.97. The Hall–Kier alpha value is -2.89. The van der Waals surface area contributed by atoms with Crippen molar-refractivity contribution in [1.29, 1.82) is 0 Å². The number of aromatic nitrogens is 1. The first-order valence-corrected chi connectivity index (χ1v) is 6.65. The second kappa shape index (κ2) is 6.71. The number of benzene rings is 1. The molecule has 6 nitrogen and oxygen atoms in total. The van der Waals surface area contributed by atoms with Gasteiger partial charge in [-0.1, -0.05) is 12.1 Å². The fraction of sp³-hybridized carbons (Fsp3) is 0.188. The second-order valence-electron chi connectivity index (χ2n) is 4.69. The molecule has 1 amide bonds. The van der Waals surface area contributed by atoms with Gasteiger partial charge in [0.25, 0.3) is 5.56 Å². The molecule has 0 fully saturated rings. The number of hydrogen-bond acceptors (Lipinski definition) is 4. The monoisotopic (exact) mass is 300 g/mol. The summed E-state index contributed by atoms with van der Waals surface area (Å²) in [4.78, 5) is 35.3. The maximum absolute atomic E-state index is 12.0. The number of pyridine rings is 1. The Morgan fingerprint density at radius 3 is 2.68 bits per heavy atom. The lowest BCUT2D eigenvalue weighted by Gasteiger charge is -2.09. The van der Waals surface area contributed by atoms with E-state index in [0.717, 1.165) is 0 Å². The smallest absolute Gasteiger partial charge is 0.293 e. The quantitative estimate of drug-likeness (QED) is 0.853. The molecule has 0 aliphatic heterocycles. The number of amides is 1. The van der Waals surface area contributed by atoms with E-state index in [-0.39, 0.29) is 29.5 Å². The minimum absolute atomic E-state index is 0.0832. The first kappa shape index (κ1) is 15.5. The third-order valence-corrected chi connectivity index (χ3v) is 3.07. The average Bonchev–Trinajstić information content (AvgIpc) is 2.49.